The van der Waals surface area contributed by atoms with Crippen LogP contribution >= 0.6 is 0 Å². The van der Waals surface area contributed by atoms with E-state index in [-0.39, 0.29) is 5.97 Å². The van der Waals surface area contributed by atoms with Gasteiger partial charge in [-0.2, -0.15) is 0 Å². The summed E-state index contributed by atoms with van der Waals surface area (Å²) in [5, 5.41) is 0. The molecule has 0 amide bonds. The molecule has 0 heterocycles. The van der Waals surface area contributed by atoms with Crippen LogP contribution < -0.4 is 0 Å². The maximum Gasteiger partial charge on any atom is 0.302 e. The number of hydrogen-bond acceptors (Lipinski definition) is 3. The highest BCUT2D eigenvalue weighted by molar-refractivity contribution is 5.65. The summed E-state index contributed by atoms with van der Waals surface area (Å²) >= 11 is 0. The Morgan fingerprint density at radius 2 is 0.667 bits per heavy atom. The van der Waals surface area contributed by atoms with Gasteiger partial charge in [0.25, 0.3) is 0 Å². The van der Waals surface area contributed by atoms with Gasteiger partial charge in [-0.1, -0.05) is 121 Å². The van der Waals surface area contributed by atoms with Gasteiger partial charge in [-0.25, -0.2) is 0 Å². The molecule has 0 aromatic heterocycles. The third-order valence-electron chi connectivity index (χ3n) is 1.62. The molecule has 2 aromatic rings. The summed E-state index contributed by atoms with van der Waals surface area (Å²) in [5.74, 6) is -0.245. The first kappa shape index (κ1) is 35.9. The van der Waals surface area contributed by atoms with Gasteiger partial charge in [0.05, 0.1) is 7.11 Å². The summed E-state index contributed by atoms with van der Waals surface area (Å²) in [5.41, 5.74) is 0. The summed E-state index contributed by atoms with van der Waals surface area (Å²) in [4.78, 5) is 9.59. The molecule has 27 heavy (non-hydrogen) atoms. The molecular formula is C24H44O3. The topological polar surface area (TPSA) is 35.5 Å². The fourth-order valence-corrected chi connectivity index (χ4v) is 0.770. The Balaban J connectivity index is -0.0000000733. The molecule has 0 aliphatic heterocycles. The van der Waals surface area contributed by atoms with Gasteiger partial charge < -0.3 is 9.47 Å². The van der Waals surface area contributed by atoms with Crippen molar-refractivity contribution in [3.05, 3.63) is 72.8 Å². The summed E-state index contributed by atoms with van der Waals surface area (Å²) in [7, 11) is 4.60. The molecule has 0 saturated carbocycles. The van der Waals surface area contributed by atoms with Crippen LogP contribution in [-0.4, -0.2) is 27.3 Å². The molecule has 0 atom stereocenters. The maximum absolute atomic E-state index is 9.59. The molecule has 0 fully saturated rings. The van der Waals surface area contributed by atoms with Crippen LogP contribution in [0.1, 0.15) is 54.9 Å². The van der Waals surface area contributed by atoms with E-state index in [1.54, 1.807) is 14.2 Å². The first-order valence-electron chi connectivity index (χ1n) is 9.55. The van der Waals surface area contributed by atoms with E-state index in [0.717, 1.165) is 0 Å². The SMILES string of the molecule is CC.CC.CCC.COC.COC(C)=O.c1ccccc1.c1ccccc1. The predicted octanol–water partition coefficient (Wildman–Crippen LogP) is 7.28. The van der Waals surface area contributed by atoms with Crippen LogP contribution in [0, 0.1) is 0 Å². The Kier molecular flexibility index (Phi) is 65.9. The van der Waals surface area contributed by atoms with Crippen molar-refractivity contribution in [1.29, 1.82) is 0 Å². The zero-order chi connectivity index (χ0) is 22.2. The van der Waals surface area contributed by atoms with E-state index in [9.17, 15) is 4.79 Å². The van der Waals surface area contributed by atoms with Crippen LogP contribution in [0.4, 0.5) is 0 Å². The van der Waals surface area contributed by atoms with Gasteiger partial charge in [0.2, 0.25) is 0 Å². The van der Waals surface area contributed by atoms with Crippen molar-refractivity contribution in [2.75, 3.05) is 21.3 Å². The normalized spacial score (nSPS) is 6.59. The number of carbonyl (C=O) groups excluding carboxylic acids is 1. The van der Waals surface area contributed by atoms with E-state index in [4.69, 9.17) is 0 Å². The molecule has 0 radical (unpaired) electrons. The standard InChI is InChI=1S/2C6H6.C3H6O2.C3H8.C2H6O.2C2H6/c2*1-2-4-6-5-3-1;1-3(4)5-2;2*1-3-2;2*1-2/h2*1-6H;1-2H3;3H2,1-2H3;1-2H3;2*1-2H3. The molecule has 2 rings (SSSR count). The highest BCUT2D eigenvalue weighted by Gasteiger charge is 1.75. The molecule has 3 heteroatoms. The second-order valence-electron chi connectivity index (χ2n) is 4.12. The van der Waals surface area contributed by atoms with Crippen molar-refractivity contribution in [2.45, 2.75) is 54.9 Å². The lowest BCUT2D eigenvalue weighted by Gasteiger charge is -1.80. The van der Waals surface area contributed by atoms with Crippen molar-refractivity contribution in [3.63, 3.8) is 0 Å². The number of carbonyl (C=O) groups is 1. The summed E-state index contributed by atoms with van der Waals surface area (Å²) in [6.07, 6.45) is 1.25. The summed E-state index contributed by atoms with van der Waals surface area (Å²) < 4.78 is 8.36. The Morgan fingerprint density at radius 1 is 0.593 bits per heavy atom. The van der Waals surface area contributed by atoms with E-state index < -0.39 is 0 Å². The fraction of sp³-hybridized carbons (Fsp3) is 0.458. The van der Waals surface area contributed by atoms with E-state index in [1.165, 1.54) is 20.5 Å². The van der Waals surface area contributed by atoms with Crippen LogP contribution in [0.3, 0.4) is 0 Å². The second-order valence-corrected chi connectivity index (χ2v) is 4.12. The quantitative estimate of drug-likeness (QED) is 0.450. The Morgan fingerprint density at radius 3 is 0.704 bits per heavy atom. The highest BCUT2D eigenvalue weighted by atomic mass is 16.5. The van der Waals surface area contributed by atoms with Crippen LogP contribution in [0.25, 0.3) is 0 Å². The number of ether oxygens (including phenoxy) is 2. The van der Waals surface area contributed by atoms with Crippen molar-refractivity contribution < 1.29 is 14.3 Å². The number of benzene rings is 2. The number of esters is 1. The minimum absolute atomic E-state index is 0.245. The lowest BCUT2D eigenvalue weighted by atomic mass is 10.4. The van der Waals surface area contributed by atoms with Gasteiger partial charge >= 0.3 is 5.97 Å². The minimum Gasteiger partial charge on any atom is -0.469 e. The Hall–Kier alpha value is -2.13. The van der Waals surface area contributed by atoms with Crippen LogP contribution in [-0.2, 0) is 14.3 Å². The van der Waals surface area contributed by atoms with Crippen LogP contribution in [0.5, 0.6) is 0 Å². The molecule has 158 valence electrons. The average Bonchev–Trinajstić information content (AvgIpc) is 2.75. The molecule has 0 unspecified atom stereocenters. The molecule has 0 N–H and O–H groups in total. The van der Waals surface area contributed by atoms with Crippen LogP contribution in [0.15, 0.2) is 72.8 Å². The highest BCUT2D eigenvalue weighted by Crippen LogP contribution is 1.80. The smallest absolute Gasteiger partial charge is 0.302 e. The number of rotatable bonds is 0. The van der Waals surface area contributed by atoms with Crippen molar-refractivity contribution >= 4 is 5.97 Å². The van der Waals surface area contributed by atoms with Gasteiger partial charge in [0.15, 0.2) is 0 Å². The summed E-state index contributed by atoms with van der Waals surface area (Å²) in [6.45, 7) is 13.6. The van der Waals surface area contributed by atoms with Gasteiger partial charge in [0, 0.05) is 21.1 Å². The average molecular weight is 381 g/mol. The molecule has 2 aromatic carbocycles. The lowest BCUT2D eigenvalue weighted by Crippen LogP contribution is -1.88. The number of methoxy groups -OCH3 is 2. The molecular weight excluding hydrogens is 336 g/mol. The van der Waals surface area contributed by atoms with E-state index in [1.807, 2.05) is 100 Å². The third kappa shape index (κ3) is 81.0. The monoisotopic (exact) mass is 380 g/mol. The van der Waals surface area contributed by atoms with E-state index in [2.05, 4.69) is 23.3 Å². The van der Waals surface area contributed by atoms with Crippen molar-refractivity contribution in [1.82, 2.24) is 0 Å². The summed E-state index contributed by atoms with van der Waals surface area (Å²) in [6, 6.07) is 24.0. The molecule has 0 saturated heterocycles. The molecule has 0 bridgehead atoms. The minimum atomic E-state index is -0.245. The van der Waals surface area contributed by atoms with Gasteiger partial charge in [-0.3, -0.25) is 4.79 Å². The van der Waals surface area contributed by atoms with Crippen molar-refractivity contribution in [2.24, 2.45) is 0 Å². The Labute approximate surface area is 169 Å². The van der Waals surface area contributed by atoms with Gasteiger partial charge in [-0.15, -0.1) is 0 Å². The Bertz CT molecular complexity index is 302. The first-order valence-corrected chi connectivity index (χ1v) is 9.55. The van der Waals surface area contributed by atoms with Crippen molar-refractivity contribution in [3.8, 4) is 0 Å². The van der Waals surface area contributed by atoms with Crippen LogP contribution in [0.2, 0.25) is 0 Å². The van der Waals surface area contributed by atoms with E-state index in [0.29, 0.717) is 0 Å². The van der Waals surface area contributed by atoms with Gasteiger partial charge in [0.1, 0.15) is 0 Å². The fourth-order valence-electron chi connectivity index (χ4n) is 0.770. The zero-order valence-electron chi connectivity index (χ0n) is 19.4. The molecule has 0 aliphatic rings. The zero-order valence-corrected chi connectivity index (χ0v) is 19.4. The second kappa shape index (κ2) is 49.6. The van der Waals surface area contributed by atoms with E-state index >= 15 is 0 Å². The van der Waals surface area contributed by atoms with Gasteiger partial charge in [-0.05, 0) is 0 Å². The lowest BCUT2D eigenvalue weighted by molar-refractivity contribution is -0.137. The predicted molar refractivity (Wildman–Crippen MR) is 122 cm³/mol. The molecule has 0 spiro atoms. The third-order valence-corrected chi connectivity index (χ3v) is 1.62. The maximum atomic E-state index is 9.59. The first-order chi connectivity index (χ1) is 13.1. The molecule has 3 nitrogen and oxygen atoms in total. The number of hydrogen-bond donors (Lipinski definition) is 0. The largest absolute Gasteiger partial charge is 0.469 e. The molecule has 0 aliphatic carbocycles.